The molecular weight excluding hydrogens is 414 g/mol. The third-order valence-corrected chi connectivity index (χ3v) is 7.04. The van der Waals surface area contributed by atoms with Crippen molar-refractivity contribution in [2.24, 2.45) is 5.41 Å². The summed E-state index contributed by atoms with van der Waals surface area (Å²) < 4.78 is 5.62. The van der Waals surface area contributed by atoms with Crippen LogP contribution in [0.25, 0.3) is 0 Å². The number of carbonyl (C=O) groups excluding carboxylic acids is 1. The number of benzene rings is 1. The van der Waals surface area contributed by atoms with Crippen molar-refractivity contribution in [3.63, 3.8) is 0 Å². The molecule has 1 fully saturated rings. The minimum absolute atomic E-state index is 0.0335. The number of carboxylic acids is 1. The fourth-order valence-electron chi connectivity index (χ4n) is 4.70. The average Bonchev–Trinajstić information content (AvgIpc) is 2.70. The first-order chi connectivity index (χ1) is 14.5. The van der Waals surface area contributed by atoms with Crippen LogP contribution in [0.4, 0.5) is 0 Å². The van der Waals surface area contributed by atoms with Crippen LogP contribution in [0.3, 0.4) is 0 Å². The molecule has 1 aliphatic carbocycles. The molecule has 0 spiro atoms. The van der Waals surface area contributed by atoms with Gasteiger partial charge in [-0.1, -0.05) is 44.5 Å². The maximum Gasteiger partial charge on any atom is 0.305 e. The molecule has 1 aromatic rings. The lowest BCUT2D eigenvalue weighted by molar-refractivity contribution is -0.138. The van der Waals surface area contributed by atoms with Gasteiger partial charge in [0.2, 0.25) is 5.91 Å². The highest BCUT2D eigenvalue weighted by Gasteiger charge is 2.46. The zero-order valence-corrected chi connectivity index (χ0v) is 19.8. The number of ether oxygens (including phenoxy) is 1. The van der Waals surface area contributed by atoms with E-state index in [1.165, 1.54) is 0 Å². The number of carbonyl (C=O) groups is 2. The van der Waals surface area contributed by atoms with Gasteiger partial charge >= 0.3 is 5.97 Å². The van der Waals surface area contributed by atoms with E-state index in [1.807, 2.05) is 12.3 Å². The maximum absolute atomic E-state index is 13.0. The highest BCUT2D eigenvalue weighted by molar-refractivity contribution is 6.31. The molecule has 170 valence electrons. The first-order valence-electron chi connectivity index (χ1n) is 11.1. The molecule has 0 saturated heterocycles. The highest BCUT2D eigenvalue weighted by Crippen LogP contribution is 2.49. The molecule has 1 aliphatic heterocycles. The van der Waals surface area contributed by atoms with E-state index in [9.17, 15) is 9.59 Å². The van der Waals surface area contributed by atoms with Crippen molar-refractivity contribution in [3.05, 3.63) is 46.1 Å². The largest absolute Gasteiger partial charge is 0.481 e. The number of nitrogens with zero attached hydrogens (tertiary/aromatic N) is 1. The Morgan fingerprint density at radius 1 is 1.35 bits per heavy atom. The second kappa shape index (κ2) is 9.33. The van der Waals surface area contributed by atoms with Crippen molar-refractivity contribution >= 4 is 23.5 Å². The lowest BCUT2D eigenvalue weighted by atomic mass is 9.62. The lowest BCUT2D eigenvalue weighted by Crippen LogP contribution is -2.46. The molecule has 1 amide bonds. The maximum atomic E-state index is 13.0. The second-order valence-corrected chi connectivity index (χ2v) is 10.5. The molecule has 0 aromatic heterocycles. The Balaban J connectivity index is 1.93. The zero-order chi connectivity index (χ0) is 22.8. The molecule has 3 rings (SSSR count). The summed E-state index contributed by atoms with van der Waals surface area (Å²) in [5.41, 5.74) is 3.19. The number of amides is 1. The van der Waals surface area contributed by atoms with E-state index >= 15 is 0 Å². The monoisotopic (exact) mass is 447 g/mol. The molecule has 1 heterocycles. The van der Waals surface area contributed by atoms with E-state index in [0.717, 1.165) is 53.8 Å². The quantitative estimate of drug-likeness (QED) is 0.612. The summed E-state index contributed by atoms with van der Waals surface area (Å²) in [5, 5.41) is 9.78. The summed E-state index contributed by atoms with van der Waals surface area (Å²) in [7, 11) is 1.72. The van der Waals surface area contributed by atoms with Gasteiger partial charge in [0, 0.05) is 36.7 Å². The van der Waals surface area contributed by atoms with Crippen LogP contribution in [0.15, 0.2) is 30.0 Å². The predicted octanol–water partition coefficient (Wildman–Crippen LogP) is 5.35. The SMILES string of the molecule is COC1CC[C@]2(c3ccc(CCC(C)(C)C)c(Cl)c3)CC(=O)N(CCC(=O)O)C=C2C1. The standard InChI is InChI=1S/C25H34ClNO4/c1-24(2,3)10-7-17-5-6-18(14-21(17)26)25-11-8-20(31-4)13-19(25)16-27(22(28)15-25)12-9-23(29)30/h5-6,14,16,20H,7-13,15H2,1-4H3,(H,29,30)/t20?,25-/m1/s1. The van der Waals surface area contributed by atoms with Crippen LogP contribution in [0.5, 0.6) is 0 Å². The third kappa shape index (κ3) is 5.50. The summed E-state index contributed by atoms with van der Waals surface area (Å²) in [6.45, 7) is 6.87. The fraction of sp³-hybridized carbons (Fsp3) is 0.600. The number of fused-ring (bicyclic) bond motifs is 1. The molecule has 0 radical (unpaired) electrons. The number of methoxy groups -OCH3 is 1. The average molecular weight is 448 g/mol. The lowest BCUT2D eigenvalue weighted by Gasteiger charge is -2.46. The number of hydrogen-bond acceptors (Lipinski definition) is 3. The van der Waals surface area contributed by atoms with Gasteiger partial charge in [0.25, 0.3) is 0 Å². The van der Waals surface area contributed by atoms with E-state index in [0.29, 0.717) is 6.42 Å². The van der Waals surface area contributed by atoms with Crippen molar-refractivity contribution < 1.29 is 19.4 Å². The predicted molar refractivity (Wildman–Crippen MR) is 122 cm³/mol. The normalized spacial score (nSPS) is 24.0. The number of hydrogen-bond donors (Lipinski definition) is 1. The van der Waals surface area contributed by atoms with E-state index in [1.54, 1.807) is 12.0 Å². The Morgan fingerprint density at radius 2 is 2.10 bits per heavy atom. The van der Waals surface area contributed by atoms with Gasteiger partial charge in [0.15, 0.2) is 0 Å². The van der Waals surface area contributed by atoms with Gasteiger partial charge in [-0.3, -0.25) is 9.59 Å². The Labute approximate surface area is 190 Å². The molecule has 2 aliphatic rings. The number of rotatable bonds is 7. The number of aryl methyl sites for hydroxylation is 1. The van der Waals surface area contributed by atoms with E-state index < -0.39 is 11.4 Å². The summed E-state index contributed by atoms with van der Waals surface area (Å²) >= 11 is 6.71. The van der Waals surface area contributed by atoms with Gasteiger partial charge in [0.1, 0.15) is 0 Å². The summed E-state index contributed by atoms with van der Waals surface area (Å²) in [6, 6.07) is 6.28. The van der Waals surface area contributed by atoms with Gasteiger partial charge in [-0.15, -0.1) is 0 Å². The molecule has 31 heavy (non-hydrogen) atoms. The van der Waals surface area contributed by atoms with Crippen LogP contribution >= 0.6 is 11.6 Å². The van der Waals surface area contributed by atoms with Gasteiger partial charge in [-0.2, -0.15) is 0 Å². The van der Waals surface area contributed by atoms with Crippen LogP contribution < -0.4 is 0 Å². The van der Waals surface area contributed by atoms with Crippen molar-refractivity contribution in [2.75, 3.05) is 13.7 Å². The van der Waals surface area contributed by atoms with Crippen molar-refractivity contribution in [1.82, 2.24) is 4.90 Å². The van der Waals surface area contributed by atoms with Crippen molar-refractivity contribution in [3.8, 4) is 0 Å². The summed E-state index contributed by atoms with van der Waals surface area (Å²) in [4.78, 5) is 25.6. The minimum Gasteiger partial charge on any atom is -0.481 e. The third-order valence-electron chi connectivity index (χ3n) is 6.69. The second-order valence-electron chi connectivity index (χ2n) is 10.1. The molecule has 6 heteroatoms. The van der Waals surface area contributed by atoms with Crippen LogP contribution in [0, 0.1) is 5.41 Å². The fourth-order valence-corrected chi connectivity index (χ4v) is 4.98. The topological polar surface area (TPSA) is 66.8 Å². The summed E-state index contributed by atoms with van der Waals surface area (Å²) in [5.74, 6) is -0.937. The Hall–Kier alpha value is -1.85. The van der Waals surface area contributed by atoms with Gasteiger partial charge in [-0.05, 0) is 60.3 Å². The molecule has 1 saturated carbocycles. The van der Waals surface area contributed by atoms with E-state index in [4.69, 9.17) is 21.4 Å². The van der Waals surface area contributed by atoms with E-state index in [2.05, 4.69) is 32.9 Å². The summed E-state index contributed by atoms with van der Waals surface area (Å²) in [6.07, 6.45) is 6.65. The van der Waals surface area contributed by atoms with Crippen molar-refractivity contribution in [1.29, 1.82) is 0 Å². The molecule has 0 bridgehead atoms. The molecule has 1 unspecified atom stereocenters. The van der Waals surface area contributed by atoms with Gasteiger partial charge in [0.05, 0.1) is 12.5 Å². The Morgan fingerprint density at radius 3 is 2.71 bits per heavy atom. The molecule has 5 nitrogen and oxygen atoms in total. The molecular formula is C25H34ClNO4. The Kier molecular flexibility index (Phi) is 7.17. The minimum atomic E-state index is -0.904. The first-order valence-corrected chi connectivity index (χ1v) is 11.5. The Bertz CT molecular complexity index is 873. The van der Waals surface area contributed by atoms with Crippen LogP contribution in [0.1, 0.15) is 70.4 Å². The van der Waals surface area contributed by atoms with Crippen LogP contribution in [0.2, 0.25) is 5.02 Å². The number of halogens is 1. The number of aliphatic carboxylic acids is 1. The smallest absolute Gasteiger partial charge is 0.305 e. The van der Waals surface area contributed by atoms with Crippen LogP contribution in [-0.2, 0) is 26.2 Å². The van der Waals surface area contributed by atoms with Gasteiger partial charge in [-0.25, -0.2) is 0 Å². The molecule has 1 N–H and O–H groups in total. The highest BCUT2D eigenvalue weighted by atomic mass is 35.5. The first kappa shape index (κ1) is 23.8. The van der Waals surface area contributed by atoms with Gasteiger partial charge < -0.3 is 14.7 Å². The van der Waals surface area contributed by atoms with E-state index in [-0.39, 0.29) is 30.4 Å². The number of carboxylic acid groups (broad SMARTS) is 1. The zero-order valence-electron chi connectivity index (χ0n) is 19.0. The van der Waals surface area contributed by atoms with Crippen molar-refractivity contribution in [2.45, 2.75) is 77.2 Å². The van der Waals surface area contributed by atoms with Crippen LogP contribution in [-0.4, -0.2) is 41.6 Å². The molecule has 2 atom stereocenters. The molecule has 1 aromatic carbocycles.